The number of hydrogen-bond donors (Lipinski definition) is 1. The van der Waals surface area contributed by atoms with Crippen molar-refractivity contribution in [3.05, 3.63) is 89.7 Å². The van der Waals surface area contributed by atoms with Crippen LogP contribution in [0.5, 0.6) is 0 Å². The van der Waals surface area contributed by atoms with Crippen LogP contribution in [0.4, 0.5) is 5.69 Å². The first-order chi connectivity index (χ1) is 13.4. The number of nitrogens with zero attached hydrogens (tertiary/aromatic N) is 2. The molecular formula is C20H18ClN3O3S. The topological polar surface area (TPSA) is 79.4 Å². The maximum absolute atomic E-state index is 13.1. The van der Waals surface area contributed by atoms with Crippen LogP contribution in [0.2, 0.25) is 5.02 Å². The van der Waals surface area contributed by atoms with E-state index >= 15 is 0 Å². The highest BCUT2D eigenvalue weighted by Crippen LogP contribution is 2.19. The van der Waals surface area contributed by atoms with Gasteiger partial charge in [-0.05, 0) is 42.0 Å². The zero-order chi connectivity index (χ0) is 20.0. The molecule has 0 saturated carbocycles. The first kappa shape index (κ1) is 20.0. The van der Waals surface area contributed by atoms with E-state index in [2.05, 4.69) is 10.3 Å². The highest BCUT2D eigenvalue weighted by molar-refractivity contribution is 7.89. The summed E-state index contributed by atoms with van der Waals surface area (Å²) >= 11 is 5.90. The van der Waals surface area contributed by atoms with Gasteiger partial charge in [0.2, 0.25) is 15.9 Å². The van der Waals surface area contributed by atoms with Crippen LogP contribution in [0.15, 0.2) is 84.0 Å². The molecule has 0 aliphatic heterocycles. The molecule has 1 amide bonds. The smallest absolute Gasteiger partial charge is 0.245 e. The monoisotopic (exact) mass is 415 g/mol. The Hall–Kier alpha value is -2.74. The molecule has 0 unspecified atom stereocenters. The zero-order valence-corrected chi connectivity index (χ0v) is 16.4. The van der Waals surface area contributed by atoms with Gasteiger partial charge in [0.15, 0.2) is 0 Å². The van der Waals surface area contributed by atoms with Crippen LogP contribution in [-0.4, -0.2) is 30.2 Å². The number of anilines is 1. The predicted octanol–water partition coefficient (Wildman–Crippen LogP) is 3.56. The van der Waals surface area contributed by atoms with Crippen molar-refractivity contribution in [3.8, 4) is 0 Å². The molecule has 6 nitrogen and oxygen atoms in total. The first-order valence-electron chi connectivity index (χ1n) is 8.45. The van der Waals surface area contributed by atoms with Crippen molar-refractivity contribution in [1.29, 1.82) is 0 Å². The van der Waals surface area contributed by atoms with Crippen LogP contribution >= 0.6 is 11.6 Å². The zero-order valence-electron chi connectivity index (χ0n) is 14.8. The number of carbonyl (C=O) groups is 1. The molecule has 3 rings (SSSR count). The molecule has 3 aromatic rings. The number of hydrogen-bond acceptors (Lipinski definition) is 4. The third kappa shape index (κ3) is 5.16. The van der Waals surface area contributed by atoms with Crippen LogP contribution in [0.1, 0.15) is 5.56 Å². The maximum Gasteiger partial charge on any atom is 0.245 e. The van der Waals surface area contributed by atoms with E-state index in [1.54, 1.807) is 48.5 Å². The largest absolute Gasteiger partial charge is 0.325 e. The Bertz CT molecular complexity index is 1030. The number of pyridine rings is 1. The van der Waals surface area contributed by atoms with E-state index in [9.17, 15) is 13.2 Å². The van der Waals surface area contributed by atoms with Crippen molar-refractivity contribution in [2.24, 2.45) is 0 Å². The Morgan fingerprint density at radius 2 is 1.71 bits per heavy atom. The van der Waals surface area contributed by atoms with Crippen molar-refractivity contribution in [2.75, 3.05) is 11.9 Å². The summed E-state index contributed by atoms with van der Waals surface area (Å²) in [6, 6.07) is 18.7. The first-order valence-corrected chi connectivity index (χ1v) is 10.3. The molecule has 8 heteroatoms. The Labute approximate surface area is 168 Å². The molecule has 0 fully saturated rings. The third-order valence-corrected chi connectivity index (χ3v) is 5.95. The number of benzene rings is 2. The normalized spacial score (nSPS) is 11.4. The molecule has 0 radical (unpaired) electrons. The van der Waals surface area contributed by atoms with E-state index in [1.807, 2.05) is 6.07 Å². The van der Waals surface area contributed by atoms with Gasteiger partial charge in [0.05, 0.1) is 6.54 Å². The lowest BCUT2D eigenvalue weighted by Gasteiger charge is -2.22. The molecule has 0 atom stereocenters. The summed E-state index contributed by atoms with van der Waals surface area (Å²) in [6.07, 6.45) is 2.75. The van der Waals surface area contributed by atoms with Crippen molar-refractivity contribution >= 4 is 33.2 Å². The Morgan fingerprint density at radius 3 is 2.36 bits per heavy atom. The molecule has 0 spiro atoms. The van der Waals surface area contributed by atoms with Gasteiger partial charge < -0.3 is 5.32 Å². The van der Waals surface area contributed by atoms with E-state index in [0.717, 1.165) is 4.31 Å². The second-order valence-corrected chi connectivity index (χ2v) is 8.38. The fourth-order valence-corrected chi connectivity index (χ4v) is 4.03. The average Bonchev–Trinajstić information content (AvgIpc) is 2.70. The summed E-state index contributed by atoms with van der Waals surface area (Å²) in [6.45, 7) is -0.314. The van der Waals surface area contributed by atoms with Gasteiger partial charge >= 0.3 is 0 Å². The lowest BCUT2D eigenvalue weighted by molar-refractivity contribution is -0.116. The van der Waals surface area contributed by atoms with E-state index in [0.29, 0.717) is 16.3 Å². The number of rotatable bonds is 7. The van der Waals surface area contributed by atoms with E-state index < -0.39 is 15.9 Å². The number of amides is 1. The van der Waals surface area contributed by atoms with Crippen LogP contribution in [-0.2, 0) is 21.4 Å². The summed E-state index contributed by atoms with van der Waals surface area (Å²) in [5.74, 6) is -0.437. The van der Waals surface area contributed by atoms with Crippen molar-refractivity contribution in [1.82, 2.24) is 9.29 Å². The molecule has 2 aromatic carbocycles. The Morgan fingerprint density at radius 1 is 1.00 bits per heavy atom. The molecule has 0 aliphatic rings. The fourth-order valence-electron chi connectivity index (χ4n) is 2.55. The summed E-state index contributed by atoms with van der Waals surface area (Å²) < 4.78 is 27.3. The van der Waals surface area contributed by atoms with Gasteiger partial charge in [0.25, 0.3) is 0 Å². The van der Waals surface area contributed by atoms with Crippen LogP contribution in [0.25, 0.3) is 0 Å². The minimum Gasteiger partial charge on any atom is -0.325 e. The summed E-state index contributed by atoms with van der Waals surface area (Å²) in [4.78, 5) is 16.4. The molecule has 0 saturated heterocycles. The highest BCUT2D eigenvalue weighted by Gasteiger charge is 2.27. The van der Waals surface area contributed by atoms with Gasteiger partial charge in [-0.2, -0.15) is 4.31 Å². The highest BCUT2D eigenvalue weighted by atomic mass is 35.5. The fraction of sp³-hybridized carbons (Fsp3) is 0.100. The molecule has 28 heavy (non-hydrogen) atoms. The minimum absolute atomic E-state index is 0.0244. The number of carbonyl (C=O) groups excluding carboxylic acids is 1. The minimum atomic E-state index is -3.92. The van der Waals surface area contributed by atoms with E-state index in [-0.39, 0.29) is 18.0 Å². The second kappa shape index (κ2) is 8.97. The SMILES string of the molecule is O=C(CN(Cc1ccc(Cl)cc1)S(=O)(=O)c1cccnc1)Nc1ccccc1. The summed E-state index contributed by atoms with van der Waals surface area (Å²) in [5, 5.41) is 3.26. The molecule has 1 N–H and O–H groups in total. The number of sulfonamides is 1. The quantitative estimate of drug-likeness (QED) is 0.639. The van der Waals surface area contributed by atoms with Crippen molar-refractivity contribution in [3.63, 3.8) is 0 Å². The molecule has 1 aromatic heterocycles. The maximum atomic E-state index is 13.1. The molecular weight excluding hydrogens is 398 g/mol. The summed E-state index contributed by atoms with van der Waals surface area (Å²) in [5.41, 5.74) is 1.31. The number of para-hydroxylation sites is 1. The number of halogens is 1. The van der Waals surface area contributed by atoms with Gasteiger partial charge in [-0.25, -0.2) is 8.42 Å². The number of aromatic nitrogens is 1. The van der Waals surface area contributed by atoms with E-state index in [4.69, 9.17) is 11.6 Å². The van der Waals surface area contributed by atoms with Crippen LogP contribution < -0.4 is 5.32 Å². The van der Waals surface area contributed by atoms with Gasteiger partial charge in [-0.1, -0.05) is 41.9 Å². The predicted molar refractivity (Wildman–Crippen MR) is 108 cm³/mol. The van der Waals surface area contributed by atoms with Crippen molar-refractivity contribution in [2.45, 2.75) is 11.4 Å². The molecule has 1 heterocycles. The second-order valence-electron chi connectivity index (χ2n) is 6.00. The summed E-state index contributed by atoms with van der Waals surface area (Å²) in [7, 11) is -3.92. The standard InChI is InChI=1S/C20H18ClN3O3S/c21-17-10-8-16(9-11-17)14-24(28(26,27)19-7-4-12-22-13-19)15-20(25)23-18-5-2-1-3-6-18/h1-13H,14-15H2,(H,23,25). The van der Waals surface area contributed by atoms with Crippen LogP contribution in [0, 0.1) is 0 Å². The Balaban J connectivity index is 1.85. The number of nitrogens with one attached hydrogen (secondary N) is 1. The molecule has 144 valence electrons. The third-order valence-electron chi connectivity index (χ3n) is 3.92. The van der Waals surface area contributed by atoms with Crippen molar-refractivity contribution < 1.29 is 13.2 Å². The molecule has 0 bridgehead atoms. The average molecular weight is 416 g/mol. The Kier molecular flexibility index (Phi) is 6.41. The van der Waals surface area contributed by atoms with Gasteiger partial charge in [0, 0.05) is 29.6 Å². The lowest BCUT2D eigenvalue weighted by Crippen LogP contribution is -2.37. The lowest BCUT2D eigenvalue weighted by atomic mass is 10.2. The molecule has 0 aliphatic carbocycles. The van der Waals surface area contributed by atoms with Crippen LogP contribution in [0.3, 0.4) is 0 Å². The van der Waals surface area contributed by atoms with Gasteiger partial charge in [-0.15, -0.1) is 0 Å². The van der Waals surface area contributed by atoms with Gasteiger partial charge in [-0.3, -0.25) is 9.78 Å². The van der Waals surface area contributed by atoms with Gasteiger partial charge in [0.1, 0.15) is 4.90 Å². The van der Waals surface area contributed by atoms with E-state index in [1.165, 1.54) is 24.5 Å².